The van der Waals surface area contributed by atoms with Crippen molar-refractivity contribution in [1.29, 1.82) is 0 Å². The molecule has 0 heterocycles. The third-order valence-electron chi connectivity index (χ3n) is 1.32. The predicted molar refractivity (Wildman–Crippen MR) is 49.7 cm³/mol. The zero-order valence-electron chi connectivity index (χ0n) is 7.80. The van der Waals surface area contributed by atoms with Crippen LogP contribution in [-0.4, -0.2) is 19.4 Å². The van der Waals surface area contributed by atoms with Gasteiger partial charge < -0.3 is 9.47 Å². The van der Waals surface area contributed by atoms with Crippen LogP contribution in [0.4, 0.5) is 13.2 Å². The van der Waals surface area contributed by atoms with E-state index in [1.807, 2.05) is 0 Å². The first kappa shape index (κ1) is 12.2. The minimum Gasteiger partial charge on any atom is -0.468 e. The van der Waals surface area contributed by atoms with Gasteiger partial charge in [0, 0.05) is 12.0 Å². The highest BCUT2D eigenvalue weighted by molar-refractivity contribution is 8.00. The Morgan fingerprint density at radius 1 is 1.47 bits per heavy atom. The molecule has 83 valence electrons. The standard InChI is InChI=1S/C9H8F3O2S/c1-13-6-14-7-3-2-4-8(5-7)15-9(10,11)12/h2-3,5H,6H2,1H3. The van der Waals surface area contributed by atoms with Gasteiger partial charge >= 0.3 is 5.51 Å². The van der Waals surface area contributed by atoms with Gasteiger partial charge in [-0.15, -0.1) is 0 Å². The molecule has 1 aromatic carbocycles. The monoisotopic (exact) mass is 237 g/mol. The van der Waals surface area contributed by atoms with Gasteiger partial charge in [0.1, 0.15) is 5.75 Å². The number of benzene rings is 1. The zero-order valence-corrected chi connectivity index (χ0v) is 8.61. The smallest absolute Gasteiger partial charge is 0.446 e. The first-order valence-corrected chi connectivity index (χ1v) is 4.72. The minimum absolute atomic E-state index is 0.000137. The predicted octanol–water partition coefficient (Wildman–Crippen LogP) is 3.08. The van der Waals surface area contributed by atoms with Crippen LogP contribution in [0, 0.1) is 6.07 Å². The number of hydrogen-bond acceptors (Lipinski definition) is 3. The summed E-state index contributed by atoms with van der Waals surface area (Å²) in [5.74, 6) is 0.322. The molecule has 0 N–H and O–H groups in total. The van der Waals surface area contributed by atoms with Crippen molar-refractivity contribution in [2.75, 3.05) is 13.9 Å². The molecule has 0 aromatic heterocycles. The molecule has 0 unspecified atom stereocenters. The number of ether oxygens (including phenoxy) is 2. The van der Waals surface area contributed by atoms with Crippen molar-refractivity contribution in [1.82, 2.24) is 0 Å². The van der Waals surface area contributed by atoms with E-state index in [0.29, 0.717) is 5.75 Å². The molecule has 6 heteroatoms. The molecule has 0 bridgehead atoms. The van der Waals surface area contributed by atoms with Crippen LogP contribution in [0.3, 0.4) is 0 Å². The van der Waals surface area contributed by atoms with Crippen LogP contribution in [0.15, 0.2) is 23.1 Å². The van der Waals surface area contributed by atoms with Crippen molar-refractivity contribution in [3.63, 3.8) is 0 Å². The van der Waals surface area contributed by atoms with Gasteiger partial charge in [0.25, 0.3) is 0 Å². The fourth-order valence-electron chi connectivity index (χ4n) is 0.825. The molecule has 0 spiro atoms. The highest BCUT2D eigenvalue weighted by atomic mass is 32.2. The molecule has 0 saturated heterocycles. The molecule has 0 aliphatic heterocycles. The maximum absolute atomic E-state index is 12.0. The first-order valence-electron chi connectivity index (χ1n) is 3.90. The lowest BCUT2D eigenvalue weighted by molar-refractivity contribution is -0.0328. The van der Waals surface area contributed by atoms with Gasteiger partial charge in [0.05, 0.1) is 0 Å². The molecule has 1 rings (SSSR count). The Hall–Kier alpha value is -0.880. The van der Waals surface area contributed by atoms with Crippen molar-refractivity contribution in [3.8, 4) is 5.75 Å². The van der Waals surface area contributed by atoms with Crippen LogP contribution in [0.5, 0.6) is 5.75 Å². The van der Waals surface area contributed by atoms with Crippen LogP contribution in [0.1, 0.15) is 0 Å². The van der Waals surface area contributed by atoms with Gasteiger partial charge in [-0.2, -0.15) is 13.2 Å². The molecule has 0 aliphatic carbocycles. The van der Waals surface area contributed by atoms with E-state index in [1.54, 1.807) is 0 Å². The summed E-state index contributed by atoms with van der Waals surface area (Å²) in [5, 5.41) is 0. The Morgan fingerprint density at radius 2 is 2.20 bits per heavy atom. The average molecular weight is 237 g/mol. The van der Waals surface area contributed by atoms with E-state index in [-0.39, 0.29) is 23.5 Å². The van der Waals surface area contributed by atoms with Crippen molar-refractivity contribution in [2.24, 2.45) is 0 Å². The van der Waals surface area contributed by atoms with Crippen LogP contribution in [-0.2, 0) is 4.74 Å². The topological polar surface area (TPSA) is 18.5 Å². The fourth-order valence-corrected chi connectivity index (χ4v) is 1.38. The lowest BCUT2D eigenvalue weighted by Crippen LogP contribution is -2.01. The van der Waals surface area contributed by atoms with Gasteiger partial charge in [-0.1, -0.05) is 0 Å². The van der Waals surface area contributed by atoms with Crippen molar-refractivity contribution in [2.45, 2.75) is 10.4 Å². The third kappa shape index (κ3) is 4.94. The van der Waals surface area contributed by atoms with Gasteiger partial charge in [0.15, 0.2) is 6.79 Å². The third-order valence-corrected chi connectivity index (χ3v) is 2.00. The fraction of sp³-hybridized carbons (Fsp3) is 0.333. The molecular formula is C9H8F3O2S. The highest BCUT2D eigenvalue weighted by Crippen LogP contribution is 2.37. The summed E-state index contributed by atoms with van der Waals surface area (Å²) in [7, 11) is 1.43. The van der Waals surface area contributed by atoms with E-state index in [0.717, 1.165) is 0 Å². The highest BCUT2D eigenvalue weighted by Gasteiger charge is 2.29. The molecule has 0 fully saturated rings. The lowest BCUT2D eigenvalue weighted by Gasteiger charge is -2.07. The summed E-state index contributed by atoms with van der Waals surface area (Å²) in [5.41, 5.74) is -4.31. The number of thioether (sulfide) groups is 1. The maximum atomic E-state index is 12.0. The zero-order chi connectivity index (χ0) is 11.3. The summed E-state index contributed by atoms with van der Waals surface area (Å²) in [6.45, 7) is 0.000137. The number of alkyl halides is 3. The summed E-state index contributed by atoms with van der Waals surface area (Å²) in [6, 6.07) is 6.61. The lowest BCUT2D eigenvalue weighted by atomic mass is 10.3. The van der Waals surface area contributed by atoms with Crippen LogP contribution in [0.2, 0.25) is 0 Å². The number of hydrogen-bond donors (Lipinski definition) is 0. The molecule has 0 amide bonds. The van der Waals surface area contributed by atoms with E-state index >= 15 is 0 Å². The minimum atomic E-state index is -4.31. The molecule has 0 atom stereocenters. The van der Waals surface area contributed by atoms with Crippen LogP contribution < -0.4 is 4.74 Å². The Labute approximate surface area is 89.4 Å². The van der Waals surface area contributed by atoms with Crippen LogP contribution >= 0.6 is 11.8 Å². The van der Waals surface area contributed by atoms with E-state index in [2.05, 4.69) is 10.8 Å². The first-order chi connectivity index (χ1) is 7.01. The largest absolute Gasteiger partial charge is 0.468 e. The molecular weight excluding hydrogens is 229 g/mol. The molecule has 0 aliphatic rings. The van der Waals surface area contributed by atoms with Crippen molar-refractivity contribution >= 4 is 11.8 Å². The van der Waals surface area contributed by atoms with E-state index in [9.17, 15) is 13.2 Å². The van der Waals surface area contributed by atoms with Crippen molar-refractivity contribution < 1.29 is 22.6 Å². The van der Waals surface area contributed by atoms with E-state index in [1.165, 1.54) is 25.3 Å². The summed E-state index contributed by atoms with van der Waals surface area (Å²) in [4.78, 5) is -0.0314. The molecule has 15 heavy (non-hydrogen) atoms. The Balaban J connectivity index is 2.66. The number of methoxy groups -OCH3 is 1. The Kier molecular flexibility index (Phi) is 4.28. The van der Waals surface area contributed by atoms with Gasteiger partial charge in [-0.3, -0.25) is 0 Å². The SMILES string of the molecule is COCOc1cc[c]c(SC(F)(F)F)c1. The van der Waals surface area contributed by atoms with Gasteiger partial charge in [-0.05, 0) is 36.0 Å². The molecule has 0 saturated carbocycles. The summed E-state index contributed by atoms with van der Waals surface area (Å²) in [6.07, 6.45) is 0. The second-order valence-electron chi connectivity index (χ2n) is 2.49. The molecule has 1 aromatic rings. The summed E-state index contributed by atoms with van der Waals surface area (Å²) >= 11 is -0.228. The van der Waals surface area contributed by atoms with Gasteiger partial charge in [-0.25, -0.2) is 0 Å². The van der Waals surface area contributed by atoms with Gasteiger partial charge in [0.2, 0.25) is 0 Å². The normalized spacial score (nSPS) is 11.5. The second kappa shape index (κ2) is 5.27. The van der Waals surface area contributed by atoms with Crippen molar-refractivity contribution in [3.05, 3.63) is 24.3 Å². The Morgan fingerprint density at radius 3 is 2.80 bits per heavy atom. The number of halogens is 3. The van der Waals surface area contributed by atoms with Crippen LogP contribution in [0.25, 0.3) is 0 Å². The second-order valence-corrected chi connectivity index (χ2v) is 3.59. The maximum Gasteiger partial charge on any atom is 0.446 e. The molecule has 2 nitrogen and oxygen atoms in total. The average Bonchev–Trinajstić information content (AvgIpc) is 2.12. The Bertz CT molecular complexity index is 314. The number of rotatable bonds is 4. The van der Waals surface area contributed by atoms with E-state index < -0.39 is 5.51 Å². The quantitative estimate of drug-likeness (QED) is 0.592. The molecule has 1 radical (unpaired) electrons. The van der Waals surface area contributed by atoms with E-state index in [4.69, 9.17) is 4.74 Å². The summed E-state index contributed by atoms with van der Waals surface area (Å²) < 4.78 is 45.6.